The fourth-order valence-corrected chi connectivity index (χ4v) is 3.04. The predicted molar refractivity (Wildman–Crippen MR) is 80.8 cm³/mol. The Hall–Kier alpha value is -1.47. The third-order valence-electron chi connectivity index (χ3n) is 4.04. The van der Waals surface area contributed by atoms with E-state index in [1.165, 1.54) is 0 Å². The molecule has 23 heavy (non-hydrogen) atoms. The highest BCUT2D eigenvalue weighted by Gasteiger charge is 2.57. The van der Waals surface area contributed by atoms with Gasteiger partial charge < -0.3 is 23.7 Å². The number of esters is 1. The van der Waals surface area contributed by atoms with E-state index in [1.54, 1.807) is 38.3 Å². The molecule has 2 aliphatic rings. The van der Waals surface area contributed by atoms with Crippen LogP contribution >= 0.6 is 0 Å². The number of hydrogen-bond donors (Lipinski definition) is 0. The Labute approximate surface area is 135 Å². The molecule has 0 aromatic heterocycles. The fourth-order valence-electron chi connectivity index (χ4n) is 3.04. The van der Waals surface area contributed by atoms with Gasteiger partial charge in [-0.15, -0.1) is 0 Å². The summed E-state index contributed by atoms with van der Waals surface area (Å²) in [4.78, 5) is 12.2. The Kier molecular flexibility index (Phi) is 4.42. The molecule has 0 bridgehead atoms. The number of ether oxygens (including phenoxy) is 5. The summed E-state index contributed by atoms with van der Waals surface area (Å²) in [5.74, 6) is -1.10. The van der Waals surface area contributed by atoms with E-state index in [0.717, 1.165) is 0 Å². The minimum atomic E-state index is -0.711. The molecule has 0 amide bonds. The van der Waals surface area contributed by atoms with Crippen LogP contribution in [-0.4, -0.2) is 49.6 Å². The first-order valence-corrected chi connectivity index (χ1v) is 7.71. The van der Waals surface area contributed by atoms with E-state index in [9.17, 15) is 4.79 Å². The highest BCUT2D eigenvalue weighted by Crippen LogP contribution is 2.40. The number of fused-ring (bicyclic) bond motifs is 1. The summed E-state index contributed by atoms with van der Waals surface area (Å²) in [6.45, 7) is 5.47. The van der Waals surface area contributed by atoms with Crippen molar-refractivity contribution in [1.82, 2.24) is 0 Å². The van der Waals surface area contributed by atoms with Gasteiger partial charge in [0.25, 0.3) is 0 Å². The molecule has 5 atom stereocenters. The van der Waals surface area contributed by atoms with Gasteiger partial charge in [0.1, 0.15) is 24.4 Å². The molecule has 1 unspecified atom stereocenters. The van der Waals surface area contributed by atoms with Crippen molar-refractivity contribution in [2.24, 2.45) is 0 Å². The van der Waals surface area contributed by atoms with Crippen molar-refractivity contribution in [2.75, 3.05) is 7.11 Å². The Balaban J connectivity index is 1.70. The molecule has 0 radical (unpaired) electrons. The summed E-state index contributed by atoms with van der Waals surface area (Å²) in [7, 11) is 1.55. The first-order chi connectivity index (χ1) is 10.9. The molecule has 2 aliphatic heterocycles. The molecule has 2 heterocycles. The molecule has 6 heteroatoms. The quantitative estimate of drug-likeness (QED) is 0.791. The number of hydrogen-bond acceptors (Lipinski definition) is 6. The Morgan fingerprint density at radius 1 is 1.17 bits per heavy atom. The third-order valence-corrected chi connectivity index (χ3v) is 4.04. The van der Waals surface area contributed by atoms with Crippen molar-refractivity contribution in [3.8, 4) is 0 Å². The zero-order valence-corrected chi connectivity index (χ0v) is 13.7. The van der Waals surface area contributed by atoms with Crippen LogP contribution in [0.4, 0.5) is 0 Å². The molecule has 6 nitrogen and oxygen atoms in total. The zero-order chi connectivity index (χ0) is 16.6. The van der Waals surface area contributed by atoms with Crippen LogP contribution < -0.4 is 0 Å². The standard InChI is InChI=1S/C17H22O6/c1-10(20-15(18)11-8-6-5-7-9-11)12-13-14(16(19-4)21-12)23-17(2,3)22-13/h5-10,12-14,16H,1-4H3/t10-,12-,13-,14-,16?/m1/s1. The molecule has 2 fully saturated rings. The highest BCUT2D eigenvalue weighted by atomic mass is 16.8. The molecular weight excluding hydrogens is 300 g/mol. The second-order valence-electron chi connectivity index (χ2n) is 6.25. The van der Waals surface area contributed by atoms with Gasteiger partial charge in [-0.3, -0.25) is 0 Å². The van der Waals surface area contributed by atoms with Crippen molar-refractivity contribution >= 4 is 5.97 Å². The maximum atomic E-state index is 12.2. The largest absolute Gasteiger partial charge is 0.456 e. The van der Waals surface area contributed by atoms with Crippen molar-refractivity contribution in [2.45, 2.75) is 57.3 Å². The lowest BCUT2D eigenvalue weighted by Crippen LogP contribution is -2.39. The van der Waals surface area contributed by atoms with E-state index in [-0.39, 0.29) is 12.2 Å². The summed E-state index contributed by atoms with van der Waals surface area (Å²) < 4.78 is 28.4. The van der Waals surface area contributed by atoms with E-state index in [4.69, 9.17) is 23.7 Å². The van der Waals surface area contributed by atoms with E-state index >= 15 is 0 Å². The molecule has 0 N–H and O–H groups in total. The van der Waals surface area contributed by atoms with Gasteiger partial charge in [0, 0.05) is 7.11 Å². The van der Waals surface area contributed by atoms with Crippen LogP contribution in [-0.2, 0) is 23.7 Å². The van der Waals surface area contributed by atoms with Crippen LogP contribution in [0.5, 0.6) is 0 Å². The zero-order valence-electron chi connectivity index (χ0n) is 13.7. The number of rotatable bonds is 4. The van der Waals surface area contributed by atoms with Gasteiger partial charge >= 0.3 is 5.97 Å². The second kappa shape index (κ2) is 6.20. The monoisotopic (exact) mass is 322 g/mol. The van der Waals surface area contributed by atoms with Crippen LogP contribution in [0.25, 0.3) is 0 Å². The fraction of sp³-hybridized carbons (Fsp3) is 0.588. The average molecular weight is 322 g/mol. The molecule has 126 valence electrons. The Morgan fingerprint density at radius 3 is 2.48 bits per heavy atom. The number of methoxy groups -OCH3 is 1. The first kappa shape index (κ1) is 16.4. The minimum Gasteiger partial charge on any atom is -0.456 e. The maximum Gasteiger partial charge on any atom is 0.338 e. The van der Waals surface area contributed by atoms with Crippen molar-refractivity contribution < 1.29 is 28.5 Å². The normalized spacial score (nSPS) is 33.2. The SMILES string of the molecule is COC1O[C@H]([C@@H](C)OC(=O)c2ccccc2)[C@H]2OC(C)(C)O[C@@H]12. The molecular formula is C17H22O6. The van der Waals surface area contributed by atoms with Gasteiger partial charge in [-0.25, -0.2) is 4.79 Å². The van der Waals surface area contributed by atoms with Crippen LogP contribution in [0.2, 0.25) is 0 Å². The van der Waals surface area contributed by atoms with E-state index in [2.05, 4.69) is 0 Å². The van der Waals surface area contributed by atoms with Gasteiger partial charge in [-0.2, -0.15) is 0 Å². The number of benzene rings is 1. The minimum absolute atomic E-state index is 0.335. The first-order valence-electron chi connectivity index (χ1n) is 7.71. The molecule has 0 saturated carbocycles. The predicted octanol–water partition coefficient (Wildman–Crippen LogP) is 2.12. The topological polar surface area (TPSA) is 63.2 Å². The summed E-state index contributed by atoms with van der Waals surface area (Å²) in [6, 6.07) is 8.86. The maximum absolute atomic E-state index is 12.2. The van der Waals surface area contributed by atoms with Gasteiger partial charge in [-0.1, -0.05) is 18.2 Å². The van der Waals surface area contributed by atoms with Crippen LogP contribution in [0.3, 0.4) is 0 Å². The van der Waals surface area contributed by atoms with Crippen molar-refractivity contribution in [1.29, 1.82) is 0 Å². The number of carbonyl (C=O) groups excluding carboxylic acids is 1. The molecule has 1 aromatic carbocycles. The van der Waals surface area contributed by atoms with Crippen LogP contribution in [0.1, 0.15) is 31.1 Å². The third kappa shape index (κ3) is 3.26. The second-order valence-corrected chi connectivity index (χ2v) is 6.25. The lowest BCUT2D eigenvalue weighted by Gasteiger charge is -2.26. The van der Waals surface area contributed by atoms with Crippen LogP contribution in [0, 0.1) is 0 Å². The van der Waals surface area contributed by atoms with Crippen LogP contribution in [0.15, 0.2) is 30.3 Å². The summed E-state index contributed by atoms with van der Waals surface area (Å²) in [5.41, 5.74) is 0.501. The lowest BCUT2D eigenvalue weighted by atomic mass is 10.1. The molecule has 3 rings (SSSR count). The molecule has 2 saturated heterocycles. The van der Waals surface area contributed by atoms with Gasteiger partial charge in [-0.05, 0) is 32.9 Å². The molecule has 0 spiro atoms. The lowest BCUT2D eigenvalue weighted by molar-refractivity contribution is -0.235. The smallest absolute Gasteiger partial charge is 0.338 e. The van der Waals surface area contributed by atoms with E-state index < -0.39 is 30.3 Å². The van der Waals surface area contributed by atoms with Crippen molar-refractivity contribution in [3.63, 3.8) is 0 Å². The summed E-state index contributed by atoms with van der Waals surface area (Å²) in [5, 5.41) is 0. The van der Waals surface area contributed by atoms with Crippen molar-refractivity contribution in [3.05, 3.63) is 35.9 Å². The summed E-state index contributed by atoms with van der Waals surface area (Å²) in [6.07, 6.45) is -2.15. The molecule has 0 aliphatic carbocycles. The van der Waals surface area contributed by atoms with E-state index in [1.807, 2.05) is 19.9 Å². The Bertz CT molecular complexity index is 557. The summed E-state index contributed by atoms with van der Waals surface area (Å²) >= 11 is 0. The highest BCUT2D eigenvalue weighted by molar-refractivity contribution is 5.89. The molecule has 1 aromatic rings. The number of carbonyl (C=O) groups is 1. The van der Waals surface area contributed by atoms with Gasteiger partial charge in [0.05, 0.1) is 5.56 Å². The van der Waals surface area contributed by atoms with Gasteiger partial charge in [0.15, 0.2) is 12.1 Å². The van der Waals surface area contributed by atoms with E-state index in [0.29, 0.717) is 5.56 Å². The average Bonchev–Trinajstić information content (AvgIpc) is 3.00. The Morgan fingerprint density at radius 2 is 1.83 bits per heavy atom. The van der Waals surface area contributed by atoms with Gasteiger partial charge in [0.2, 0.25) is 0 Å².